The summed E-state index contributed by atoms with van der Waals surface area (Å²) < 4.78 is 33.5. The van der Waals surface area contributed by atoms with Crippen molar-refractivity contribution in [2.24, 2.45) is 0 Å². The van der Waals surface area contributed by atoms with Gasteiger partial charge in [0.15, 0.2) is 0 Å². The lowest BCUT2D eigenvalue weighted by Crippen LogP contribution is -2.37. The molecule has 0 heterocycles. The van der Waals surface area contributed by atoms with Crippen LogP contribution in [0.3, 0.4) is 0 Å². The van der Waals surface area contributed by atoms with Gasteiger partial charge in [-0.2, -0.15) is 4.31 Å². The number of ether oxygens (including phenoxy) is 1. The molecule has 0 aliphatic rings. The average molecular weight is 554 g/mol. The van der Waals surface area contributed by atoms with E-state index in [1.165, 1.54) is 54.6 Å². The summed E-state index contributed by atoms with van der Waals surface area (Å²) in [6.45, 7) is 3.76. The third-order valence-corrected chi connectivity index (χ3v) is 7.89. The fourth-order valence-electron chi connectivity index (χ4n) is 3.46. The number of anilines is 1. The minimum absolute atomic E-state index is 0.0248. The lowest BCUT2D eigenvalue weighted by Gasteiger charge is -2.23. The van der Waals surface area contributed by atoms with Crippen LogP contribution in [0.5, 0.6) is 5.75 Å². The van der Waals surface area contributed by atoms with Gasteiger partial charge in [-0.3, -0.25) is 4.79 Å². The van der Waals surface area contributed by atoms with Gasteiger partial charge in [-0.1, -0.05) is 58.6 Å². The Bertz CT molecular complexity index is 1570. The molecule has 0 aliphatic carbocycles. The third-order valence-electron chi connectivity index (χ3n) is 5.46. The van der Waals surface area contributed by atoms with Gasteiger partial charge in [0, 0.05) is 10.6 Å². The van der Waals surface area contributed by atoms with Crippen LogP contribution in [0.1, 0.15) is 31.8 Å². The molecule has 0 saturated heterocycles. The zero-order chi connectivity index (χ0) is 26.7. The number of aryl methyl sites for hydroxylation is 2. The Hall–Kier alpha value is -3.65. The monoisotopic (exact) mass is 553 g/mol. The van der Waals surface area contributed by atoms with Crippen LogP contribution >= 0.6 is 23.2 Å². The van der Waals surface area contributed by atoms with E-state index in [4.69, 9.17) is 27.9 Å². The molecule has 0 N–H and O–H groups in total. The van der Waals surface area contributed by atoms with Gasteiger partial charge >= 0.3 is 5.97 Å². The Morgan fingerprint density at radius 2 is 1.27 bits per heavy atom. The fraction of sp³-hybridized carbons (Fsp3) is 0.0714. The summed E-state index contributed by atoms with van der Waals surface area (Å²) >= 11 is 12.2. The number of carbonyl (C=O) groups is 2. The van der Waals surface area contributed by atoms with Gasteiger partial charge in [0.2, 0.25) is 0 Å². The summed E-state index contributed by atoms with van der Waals surface area (Å²) in [4.78, 5) is 25.7. The van der Waals surface area contributed by atoms with Gasteiger partial charge in [0.25, 0.3) is 15.9 Å². The number of hydrogen-bond donors (Lipinski definition) is 0. The topological polar surface area (TPSA) is 80.8 Å². The molecule has 37 heavy (non-hydrogen) atoms. The largest absolute Gasteiger partial charge is 0.423 e. The quantitative estimate of drug-likeness (QED) is 0.192. The molecule has 0 unspecified atom stereocenters. The molecule has 4 aromatic carbocycles. The number of sulfonamides is 1. The maximum absolute atomic E-state index is 13.7. The van der Waals surface area contributed by atoms with E-state index in [2.05, 4.69) is 0 Å². The molecule has 1 amide bonds. The van der Waals surface area contributed by atoms with Crippen molar-refractivity contribution >= 4 is 50.8 Å². The molecule has 0 spiro atoms. The molecular formula is C28H21Cl2NO5S. The second-order valence-corrected chi connectivity index (χ2v) is 10.9. The molecular weight excluding hydrogens is 533 g/mol. The van der Waals surface area contributed by atoms with Crippen molar-refractivity contribution in [2.45, 2.75) is 18.7 Å². The molecule has 0 saturated carbocycles. The van der Waals surface area contributed by atoms with Crippen LogP contribution in [0.15, 0.2) is 95.9 Å². The average Bonchev–Trinajstić information content (AvgIpc) is 2.87. The normalized spacial score (nSPS) is 11.1. The van der Waals surface area contributed by atoms with Crippen molar-refractivity contribution in [2.75, 3.05) is 4.31 Å². The first-order valence-electron chi connectivity index (χ1n) is 11.1. The molecule has 0 aliphatic heterocycles. The van der Waals surface area contributed by atoms with Crippen molar-refractivity contribution in [1.29, 1.82) is 0 Å². The Labute approximate surface area is 225 Å². The van der Waals surface area contributed by atoms with Gasteiger partial charge < -0.3 is 4.74 Å². The highest BCUT2D eigenvalue weighted by Gasteiger charge is 2.33. The van der Waals surface area contributed by atoms with Crippen molar-refractivity contribution in [1.82, 2.24) is 0 Å². The highest BCUT2D eigenvalue weighted by atomic mass is 35.5. The summed E-state index contributed by atoms with van der Waals surface area (Å²) in [5.74, 6) is -1.19. The van der Waals surface area contributed by atoms with Crippen LogP contribution in [0.25, 0.3) is 0 Å². The third kappa shape index (κ3) is 5.85. The Morgan fingerprint density at radius 3 is 1.84 bits per heavy atom. The number of esters is 1. The van der Waals surface area contributed by atoms with E-state index >= 15 is 0 Å². The smallest absolute Gasteiger partial charge is 0.343 e. The van der Waals surface area contributed by atoms with Crippen LogP contribution in [-0.4, -0.2) is 20.3 Å². The van der Waals surface area contributed by atoms with Crippen molar-refractivity contribution in [3.63, 3.8) is 0 Å². The minimum atomic E-state index is -4.49. The zero-order valence-corrected chi connectivity index (χ0v) is 22.1. The van der Waals surface area contributed by atoms with Gasteiger partial charge in [-0.25, -0.2) is 13.2 Å². The number of rotatable bonds is 6. The van der Waals surface area contributed by atoms with Crippen LogP contribution in [-0.2, 0) is 10.0 Å². The number of benzene rings is 4. The molecule has 4 rings (SSSR count). The summed E-state index contributed by atoms with van der Waals surface area (Å²) in [5, 5.41) is 0.0545. The van der Waals surface area contributed by atoms with Crippen LogP contribution < -0.4 is 9.04 Å². The molecule has 0 aromatic heterocycles. The van der Waals surface area contributed by atoms with E-state index in [1.54, 1.807) is 36.4 Å². The molecule has 188 valence electrons. The lowest BCUT2D eigenvalue weighted by atomic mass is 10.1. The molecule has 0 atom stereocenters. The first-order valence-corrected chi connectivity index (χ1v) is 13.3. The number of halogens is 2. The maximum atomic E-state index is 13.7. The number of nitrogens with zero attached hydrogens (tertiary/aromatic N) is 1. The van der Waals surface area contributed by atoms with E-state index in [-0.39, 0.29) is 31.9 Å². The molecule has 9 heteroatoms. The number of hydrogen-bond acceptors (Lipinski definition) is 5. The van der Waals surface area contributed by atoms with Gasteiger partial charge in [-0.05, 0) is 80.6 Å². The van der Waals surface area contributed by atoms with Crippen LogP contribution in [0.2, 0.25) is 10.0 Å². The number of amides is 1. The van der Waals surface area contributed by atoms with E-state index in [9.17, 15) is 18.0 Å². The summed E-state index contributed by atoms with van der Waals surface area (Å²) in [6.07, 6.45) is 0. The van der Waals surface area contributed by atoms with E-state index in [1.807, 2.05) is 13.8 Å². The Kier molecular flexibility index (Phi) is 7.68. The highest BCUT2D eigenvalue weighted by molar-refractivity contribution is 7.93. The van der Waals surface area contributed by atoms with E-state index < -0.39 is 21.9 Å². The Balaban J connectivity index is 1.72. The number of carbonyl (C=O) groups excluding carboxylic acids is 2. The summed E-state index contributed by atoms with van der Waals surface area (Å²) in [6, 6.07) is 22.9. The van der Waals surface area contributed by atoms with Gasteiger partial charge in [0.1, 0.15) is 10.6 Å². The second kappa shape index (κ2) is 10.8. The fourth-order valence-corrected chi connectivity index (χ4v) is 5.61. The highest BCUT2D eigenvalue weighted by Crippen LogP contribution is 2.33. The van der Waals surface area contributed by atoms with Crippen LogP contribution in [0.4, 0.5) is 5.69 Å². The van der Waals surface area contributed by atoms with Crippen molar-refractivity contribution in [3.8, 4) is 5.75 Å². The molecule has 0 bridgehead atoms. The first kappa shape index (κ1) is 26.4. The molecule has 6 nitrogen and oxygen atoms in total. The standard InChI is InChI=1S/C28H21Cl2NO5S/c1-18-3-7-20(8-4-18)27(32)31(37(34,35)26-17-22(29)11-16-25(26)30)23-12-14-24(15-13-23)36-28(33)21-9-5-19(2)6-10-21/h3-17H,1-2H3. The lowest BCUT2D eigenvalue weighted by molar-refractivity contribution is 0.0734. The van der Waals surface area contributed by atoms with Crippen molar-refractivity contribution in [3.05, 3.63) is 123 Å². The first-order chi connectivity index (χ1) is 17.6. The van der Waals surface area contributed by atoms with Gasteiger partial charge in [0.05, 0.1) is 16.3 Å². The molecule has 4 aromatic rings. The Morgan fingerprint density at radius 1 is 0.730 bits per heavy atom. The molecule has 0 fully saturated rings. The SMILES string of the molecule is Cc1ccc(C(=O)Oc2ccc(N(C(=O)c3ccc(C)cc3)S(=O)(=O)c3cc(Cl)ccc3Cl)cc2)cc1. The second-order valence-electron chi connectivity index (χ2n) is 8.26. The predicted octanol–water partition coefficient (Wildman–Crippen LogP) is 6.87. The predicted molar refractivity (Wildman–Crippen MR) is 144 cm³/mol. The van der Waals surface area contributed by atoms with Gasteiger partial charge in [-0.15, -0.1) is 0 Å². The van der Waals surface area contributed by atoms with E-state index in [0.717, 1.165) is 11.1 Å². The van der Waals surface area contributed by atoms with E-state index in [0.29, 0.717) is 9.87 Å². The summed E-state index contributed by atoms with van der Waals surface area (Å²) in [7, 11) is -4.49. The van der Waals surface area contributed by atoms with Crippen LogP contribution in [0, 0.1) is 13.8 Å². The zero-order valence-electron chi connectivity index (χ0n) is 19.8. The minimum Gasteiger partial charge on any atom is -0.423 e. The molecule has 0 radical (unpaired) electrons. The van der Waals surface area contributed by atoms with Crippen molar-refractivity contribution < 1.29 is 22.7 Å². The maximum Gasteiger partial charge on any atom is 0.343 e. The summed E-state index contributed by atoms with van der Waals surface area (Å²) in [5.41, 5.74) is 2.45.